The van der Waals surface area contributed by atoms with Crippen molar-refractivity contribution in [1.29, 1.82) is 0 Å². The first-order chi connectivity index (χ1) is 16.9. The number of nitrogens with one attached hydrogen (secondary N) is 4. The summed E-state index contributed by atoms with van der Waals surface area (Å²) in [7, 11) is 1.78. The molecule has 0 aliphatic carbocycles. The van der Waals surface area contributed by atoms with Gasteiger partial charge in [0.05, 0.1) is 11.2 Å². The van der Waals surface area contributed by atoms with E-state index < -0.39 is 5.76 Å². The number of amides is 3. The smallest absolute Gasteiger partial charge is 0.340 e. The molecule has 3 amide bonds. The SMILES string of the molecule is CCCCCNC(=O)Nc1ccc2cc(C(=O)Nc3ccc(Br)cc3-c3noc(=O)[nH]3)n(C)c2c1. The quantitative estimate of drug-likeness (QED) is 0.237. The molecule has 2 aromatic carbocycles. The molecule has 0 unspecified atom stereocenters. The van der Waals surface area contributed by atoms with Crippen LogP contribution in [0, 0.1) is 0 Å². The van der Waals surface area contributed by atoms with Gasteiger partial charge in [-0.05, 0) is 42.8 Å². The molecule has 0 bridgehead atoms. The van der Waals surface area contributed by atoms with Crippen molar-refractivity contribution < 1.29 is 14.1 Å². The van der Waals surface area contributed by atoms with E-state index in [1.807, 2.05) is 12.1 Å². The average molecular weight is 541 g/mol. The lowest BCUT2D eigenvalue weighted by atomic mass is 10.1. The molecule has 0 aliphatic rings. The van der Waals surface area contributed by atoms with Crippen molar-refractivity contribution in [3.63, 3.8) is 0 Å². The molecule has 0 radical (unpaired) electrons. The molecule has 0 atom stereocenters. The van der Waals surface area contributed by atoms with Gasteiger partial charge < -0.3 is 20.5 Å². The molecule has 182 valence electrons. The number of H-pyrrole nitrogens is 1. The van der Waals surface area contributed by atoms with E-state index in [4.69, 9.17) is 0 Å². The van der Waals surface area contributed by atoms with Crippen LogP contribution in [0.1, 0.15) is 36.7 Å². The number of unbranched alkanes of at least 4 members (excludes halogenated alkanes) is 2. The first-order valence-corrected chi connectivity index (χ1v) is 12.0. The molecule has 2 aromatic heterocycles. The number of hydrogen-bond donors (Lipinski definition) is 4. The summed E-state index contributed by atoms with van der Waals surface area (Å²) in [6, 6.07) is 12.2. The lowest BCUT2D eigenvalue weighted by molar-refractivity contribution is 0.101. The predicted octanol–water partition coefficient (Wildman–Crippen LogP) is 4.85. The molecule has 10 nitrogen and oxygen atoms in total. The van der Waals surface area contributed by atoms with Crippen LogP contribution in [0.15, 0.2) is 56.3 Å². The highest BCUT2D eigenvalue weighted by atomic mass is 79.9. The minimum Gasteiger partial charge on any atom is -0.340 e. The summed E-state index contributed by atoms with van der Waals surface area (Å²) in [6.07, 6.45) is 3.09. The van der Waals surface area contributed by atoms with E-state index in [-0.39, 0.29) is 17.8 Å². The van der Waals surface area contributed by atoms with Gasteiger partial charge in [-0.2, -0.15) is 0 Å². The molecule has 35 heavy (non-hydrogen) atoms. The number of carbonyl (C=O) groups excluding carboxylic acids is 2. The summed E-state index contributed by atoms with van der Waals surface area (Å²) in [4.78, 5) is 39.2. The summed E-state index contributed by atoms with van der Waals surface area (Å²) >= 11 is 3.39. The average Bonchev–Trinajstić information content (AvgIpc) is 3.41. The Hall–Kier alpha value is -3.86. The second-order valence-corrected chi connectivity index (χ2v) is 8.95. The van der Waals surface area contributed by atoms with E-state index >= 15 is 0 Å². The van der Waals surface area contributed by atoms with Crippen LogP contribution in [0.25, 0.3) is 22.3 Å². The summed E-state index contributed by atoms with van der Waals surface area (Å²) in [5.41, 5.74) is 2.78. The van der Waals surface area contributed by atoms with Crippen molar-refractivity contribution in [3.8, 4) is 11.4 Å². The molecule has 0 saturated carbocycles. The first kappa shape index (κ1) is 24.3. The molecule has 0 saturated heterocycles. The van der Waals surface area contributed by atoms with Crippen LogP contribution in [-0.4, -0.2) is 33.2 Å². The fourth-order valence-corrected chi connectivity index (χ4v) is 4.09. The minimum atomic E-state index is -0.690. The summed E-state index contributed by atoms with van der Waals surface area (Å²) in [6.45, 7) is 2.73. The van der Waals surface area contributed by atoms with Gasteiger partial charge in [-0.3, -0.25) is 14.3 Å². The highest BCUT2D eigenvalue weighted by Gasteiger charge is 2.18. The van der Waals surface area contributed by atoms with Crippen molar-refractivity contribution in [3.05, 3.63) is 63.2 Å². The molecular formula is C24H25BrN6O4. The molecule has 0 fully saturated rings. The maximum absolute atomic E-state index is 13.2. The molecule has 4 rings (SSSR count). The van der Waals surface area contributed by atoms with Gasteiger partial charge in [0.25, 0.3) is 5.91 Å². The zero-order valence-electron chi connectivity index (χ0n) is 19.3. The number of aromatic nitrogens is 3. The number of hydrogen-bond acceptors (Lipinski definition) is 5. The topological polar surface area (TPSA) is 134 Å². The van der Waals surface area contributed by atoms with Crippen LogP contribution in [0.2, 0.25) is 0 Å². The summed E-state index contributed by atoms with van der Waals surface area (Å²) < 4.78 is 7.11. The Kier molecular flexibility index (Phi) is 7.35. The van der Waals surface area contributed by atoms with Crippen molar-refractivity contribution in [2.45, 2.75) is 26.2 Å². The number of aryl methyl sites for hydroxylation is 1. The van der Waals surface area contributed by atoms with Crippen LogP contribution in [0.5, 0.6) is 0 Å². The van der Waals surface area contributed by atoms with E-state index in [1.165, 1.54) is 0 Å². The van der Waals surface area contributed by atoms with Gasteiger partial charge >= 0.3 is 11.8 Å². The van der Waals surface area contributed by atoms with Crippen LogP contribution in [0.4, 0.5) is 16.2 Å². The monoisotopic (exact) mass is 540 g/mol. The zero-order chi connectivity index (χ0) is 24.9. The van der Waals surface area contributed by atoms with Gasteiger partial charge in [-0.1, -0.05) is 46.9 Å². The minimum absolute atomic E-state index is 0.201. The number of fused-ring (bicyclic) bond motifs is 1. The molecule has 0 spiro atoms. The Morgan fingerprint density at radius 2 is 1.94 bits per heavy atom. The van der Waals surface area contributed by atoms with Crippen molar-refractivity contribution >= 4 is 50.1 Å². The van der Waals surface area contributed by atoms with Crippen LogP contribution >= 0.6 is 15.9 Å². The van der Waals surface area contributed by atoms with Gasteiger partial charge in [0.2, 0.25) is 0 Å². The van der Waals surface area contributed by atoms with Crippen molar-refractivity contribution in [2.24, 2.45) is 7.05 Å². The summed E-state index contributed by atoms with van der Waals surface area (Å²) in [5.74, 6) is -0.835. The summed E-state index contributed by atoms with van der Waals surface area (Å²) in [5, 5.41) is 13.1. The Morgan fingerprint density at radius 3 is 2.69 bits per heavy atom. The Labute approximate surface area is 209 Å². The molecule has 2 heterocycles. The third-order valence-corrected chi connectivity index (χ3v) is 6.02. The highest BCUT2D eigenvalue weighted by Crippen LogP contribution is 2.29. The lowest BCUT2D eigenvalue weighted by Gasteiger charge is -2.11. The van der Waals surface area contributed by atoms with Gasteiger partial charge in [-0.25, -0.2) is 9.59 Å². The van der Waals surface area contributed by atoms with Crippen LogP contribution < -0.4 is 21.7 Å². The van der Waals surface area contributed by atoms with Crippen molar-refractivity contribution in [1.82, 2.24) is 20.0 Å². The Balaban J connectivity index is 1.54. The lowest BCUT2D eigenvalue weighted by Crippen LogP contribution is -2.29. The van der Waals surface area contributed by atoms with E-state index in [1.54, 1.807) is 41.9 Å². The Morgan fingerprint density at radius 1 is 1.11 bits per heavy atom. The van der Waals surface area contributed by atoms with Gasteiger partial charge in [0.1, 0.15) is 5.69 Å². The first-order valence-electron chi connectivity index (χ1n) is 11.2. The predicted molar refractivity (Wildman–Crippen MR) is 138 cm³/mol. The maximum Gasteiger partial charge on any atom is 0.439 e. The maximum atomic E-state index is 13.2. The molecule has 4 aromatic rings. The molecule has 0 aliphatic heterocycles. The fourth-order valence-electron chi connectivity index (χ4n) is 3.73. The number of urea groups is 1. The number of anilines is 2. The van der Waals surface area contributed by atoms with E-state index in [2.05, 4.69) is 53.5 Å². The number of nitrogens with zero attached hydrogens (tertiary/aromatic N) is 2. The zero-order valence-corrected chi connectivity index (χ0v) is 20.9. The number of halogens is 1. The van der Waals surface area contributed by atoms with E-state index in [0.717, 1.165) is 34.6 Å². The second-order valence-electron chi connectivity index (χ2n) is 8.04. The third kappa shape index (κ3) is 5.62. The van der Waals surface area contributed by atoms with Crippen LogP contribution in [0.3, 0.4) is 0 Å². The number of rotatable bonds is 8. The van der Waals surface area contributed by atoms with Gasteiger partial charge in [-0.15, -0.1) is 0 Å². The largest absolute Gasteiger partial charge is 0.439 e. The number of carbonyl (C=O) groups is 2. The van der Waals surface area contributed by atoms with E-state index in [9.17, 15) is 14.4 Å². The highest BCUT2D eigenvalue weighted by molar-refractivity contribution is 9.10. The standard InChI is InChI=1S/C24H25BrN6O4/c1-3-4-5-10-26-23(33)27-16-8-6-14-11-20(31(2)19(14)13-16)22(32)28-18-9-7-15(25)12-17(18)21-29-24(34)35-30-21/h6-9,11-13H,3-5,10H2,1-2H3,(H,28,32)(H2,26,27,33)(H,29,30,34). The van der Waals surface area contributed by atoms with Gasteiger partial charge in [0, 0.05) is 34.7 Å². The fraction of sp³-hybridized carbons (Fsp3) is 0.250. The van der Waals surface area contributed by atoms with Gasteiger partial charge in [0.15, 0.2) is 5.82 Å². The van der Waals surface area contributed by atoms with Crippen molar-refractivity contribution in [2.75, 3.05) is 17.2 Å². The molecule has 11 heteroatoms. The second kappa shape index (κ2) is 10.6. The normalized spacial score (nSPS) is 10.9. The molecular weight excluding hydrogens is 516 g/mol. The molecule has 4 N–H and O–H groups in total. The number of benzene rings is 2. The van der Waals surface area contributed by atoms with E-state index in [0.29, 0.717) is 29.2 Å². The van der Waals surface area contributed by atoms with Crippen LogP contribution in [-0.2, 0) is 7.05 Å². The Bertz CT molecular complexity index is 1440. The third-order valence-electron chi connectivity index (χ3n) is 5.53. The number of aromatic amines is 1.